The summed E-state index contributed by atoms with van der Waals surface area (Å²) >= 11 is 0. The zero-order valence-corrected chi connectivity index (χ0v) is 16.5. The monoisotopic (exact) mass is 399 g/mol. The number of rotatable bonds is 5. The molecule has 1 atom stereocenters. The van der Waals surface area contributed by atoms with Crippen molar-refractivity contribution in [3.05, 3.63) is 24.0 Å². The van der Waals surface area contributed by atoms with Crippen molar-refractivity contribution in [3.63, 3.8) is 0 Å². The van der Waals surface area contributed by atoms with Gasteiger partial charge in [-0.25, -0.2) is 4.98 Å². The molecule has 0 aliphatic heterocycles. The van der Waals surface area contributed by atoms with E-state index in [1.807, 2.05) is 6.92 Å². The first-order valence-electron chi connectivity index (χ1n) is 9.70. The van der Waals surface area contributed by atoms with Gasteiger partial charge in [-0.3, -0.25) is 14.6 Å². The molecule has 2 aromatic rings. The van der Waals surface area contributed by atoms with Gasteiger partial charge in [-0.1, -0.05) is 19.3 Å². The smallest absolute Gasteiger partial charge is 0.274 e. The Morgan fingerprint density at radius 3 is 2.48 bits per heavy atom. The summed E-state index contributed by atoms with van der Waals surface area (Å²) in [4.78, 5) is 35.9. The van der Waals surface area contributed by atoms with Crippen LogP contribution in [0.5, 0.6) is 11.6 Å². The molecule has 3 rings (SSSR count). The van der Waals surface area contributed by atoms with Gasteiger partial charge in [-0.15, -0.1) is 0 Å². The third kappa shape index (κ3) is 4.98. The fourth-order valence-electron chi connectivity index (χ4n) is 3.55. The molecular formula is C20H25N5O4. The van der Waals surface area contributed by atoms with Gasteiger partial charge in [0.2, 0.25) is 11.7 Å². The first-order chi connectivity index (χ1) is 13.8. The highest BCUT2D eigenvalue weighted by molar-refractivity contribution is 5.96. The summed E-state index contributed by atoms with van der Waals surface area (Å²) in [5.41, 5.74) is 0.468. The normalized spacial score (nSPS) is 15.5. The van der Waals surface area contributed by atoms with Crippen LogP contribution in [0, 0.1) is 5.92 Å². The molecule has 1 aliphatic carbocycles. The molecule has 9 heteroatoms. The van der Waals surface area contributed by atoms with Gasteiger partial charge in [0.05, 0.1) is 11.9 Å². The summed E-state index contributed by atoms with van der Waals surface area (Å²) in [6.45, 7) is 3.32. The Morgan fingerprint density at radius 2 is 1.86 bits per heavy atom. The highest BCUT2D eigenvalue weighted by Gasteiger charge is 2.25. The van der Waals surface area contributed by atoms with Crippen LogP contribution in [-0.4, -0.2) is 43.0 Å². The van der Waals surface area contributed by atoms with Crippen LogP contribution in [0.3, 0.4) is 0 Å². The third-order valence-electron chi connectivity index (χ3n) is 5.11. The highest BCUT2D eigenvalue weighted by Crippen LogP contribution is 2.30. The van der Waals surface area contributed by atoms with Gasteiger partial charge in [0.25, 0.3) is 11.8 Å². The van der Waals surface area contributed by atoms with E-state index in [4.69, 9.17) is 0 Å². The molecule has 2 heterocycles. The number of carbonyl (C=O) groups is 2. The van der Waals surface area contributed by atoms with Crippen LogP contribution >= 0.6 is 0 Å². The maximum atomic E-state index is 12.7. The third-order valence-corrected chi connectivity index (χ3v) is 5.11. The van der Waals surface area contributed by atoms with E-state index >= 15 is 0 Å². The van der Waals surface area contributed by atoms with Crippen molar-refractivity contribution in [1.29, 1.82) is 0 Å². The summed E-state index contributed by atoms with van der Waals surface area (Å²) < 4.78 is 0. The Kier molecular flexibility index (Phi) is 6.26. The Labute approximate surface area is 168 Å². The van der Waals surface area contributed by atoms with Crippen molar-refractivity contribution in [3.8, 4) is 23.1 Å². The van der Waals surface area contributed by atoms with Crippen LogP contribution < -0.4 is 10.6 Å². The topological polar surface area (TPSA) is 137 Å². The van der Waals surface area contributed by atoms with Crippen LogP contribution in [-0.2, 0) is 4.79 Å². The number of anilines is 1. The minimum atomic E-state index is -0.696. The lowest BCUT2D eigenvalue weighted by atomic mass is 9.84. The van der Waals surface area contributed by atoms with Crippen molar-refractivity contribution in [1.82, 2.24) is 20.3 Å². The van der Waals surface area contributed by atoms with Gasteiger partial charge >= 0.3 is 0 Å². The van der Waals surface area contributed by atoms with Crippen LogP contribution in [0.4, 0.5) is 5.69 Å². The summed E-state index contributed by atoms with van der Waals surface area (Å²) in [6, 6.07) is 3.07. The number of hydrogen-bond donors (Lipinski definition) is 4. The van der Waals surface area contributed by atoms with Crippen molar-refractivity contribution < 1.29 is 19.8 Å². The molecule has 0 aromatic carbocycles. The Hall–Kier alpha value is -3.23. The summed E-state index contributed by atoms with van der Waals surface area (Å²) in [5, 5.41) is 25.5. The Bertz CT molecular complexity index is 894. The molecule has 1 fully saturated rings. The molecule has 9 nitrogen and oxygen atoms in total. The van der Waals surface area contributed by atoms with E-state index in [0.29, 0.717) is 11.6 Å². The van der Waals surface area contributed by atoms with Gasteiger partial charge in [-0.05, 0) is 37.8 Å². The number of aromatic nitrogens is 3. The zero-order chi connectivity index (χ0) is 21.0. The SMILES string of the molecule is CC(=O)Nc1ccc(-c2nc(O)c(O)c(C(=O)N[C@H](C)C3CCCCC3)n2)nc1. The van der Waals surface area contributed by atoms with Crippen LogP contribution in [0.1, 0.15) is 56.4 Å². The second kappa shape index (κ2) is 8.85. The van der Waals surface area contributed by atoms with Gasteiger partial charge in [0, 0.05) is 13.0 Å². The maximum absolute atomic E-state index is 12.7. The quantitative estimate of drug-likeness (QED) is 0.606. The van der Waals surface area contributed by atoms with Crippen molar-refractivity contribution in [2.75, 3.05) is 5.32 Å². The van der Waals surface area contributed by atoms with Gasteiger partial charge < -0.3 is 20.8 Å². The number of hydrogen-bond acceptors (Lipinski definition) is 7. The molecule has 0 bridgehead atoms. The number of carbonyl (C=O) groups excluding carboxylic acids is 2. The van der Waals surface area contributed by atoms with E-state index in [1.54, 1.807) is 12.1 Å². The van der Waals surface area contributed by atoms with E-state index in [9.17, 15) is 19.8 Å². The van der Waals surface area contributed by atoms with E-state index in [1.165, 1.54) is 19.5 Å². The average Bonchev–Trinajstić information content (AvgIpc) is 2.70. The standard InChI is InChI=1S/C20H25N5O4/c1-11(13-6-4-3-5-7-13)22-19(28)16-17(27)20(29)25-18(24-16)15-9-8-14(10-21-15)23-12(2)26/h8-11,13,27H,3-7H2,1-2H3,(H,22,28)(H,23,26)(H,24,25,29)/t11-/m1/s1. The van der Waals surface area contributed by atoms with Crippen molar-refractivity contribution in [2.24, 2.45) is 5.92 Å². The molecule has 2 amide bonds. The lowest BCUT2D eigenvalue weighted by Crippen LogP contribution is -2.39. The molecule has 0 radical (unpaired) electrons. The van der Waals surface area contributed by atoms with Gasteiger partial charge in [0.15, 0.2) is 11.5 Å². The van der Waals surface area contributed by atoms with E-state index in [2.05, 4.69) is 25.6 Å². The molecule has 4 N–H and O–H groups in total. The Morgan fingerprint density at radius 1 is 1.14 bits per heavy atom. The predicted molar refractivity (Wildman–Crippen MR) is 106 cm³/mol. The number of amides is 2. The van der Waals surface area contributed by atoms with E-state index in [-0.39, 0.29) is 29.2 Å². The summed E-state index contributed by atoms with van der Waals surface area (Å²) in [7, 11) is 0. The van der Waals surface area contributed by atoms with E-state index in [0.717, 1.165) is 25.7 Å². The zero-order valence-electron chi connectivity index (χ0n) is 16.5. The predicted octanol–water partition coefficient (Wildman–Crippen LogP) is 2.61. The largest absolute Gasteiger partial charge is 0.501 e. The lowest BCUT2D eigenvalue weighted by Gasteiger charge is -2.28. The molecule has 0 unspecified atom stereocenters. The summed E-state index contributed by atoms with van der Waals surface area (Å²) in [5.74, 6) is -1.80. The minimum Gasteiger partial charge on any atom is -0.501 e. The molecule has 0 saturated heterocycles. The first-order valence-corrected chi connectivity index (χ1v) is 9.70. The van der Waals surface area contributed by atoms with Crippen LogP contribution in [0.15, 0.2) is 18.3 Å². The number of nitrogens with zero attached hydrogens (tertiary/aromatic N) is 3. The van der Waals surface area contributed by atoms with Gasteiger partial charge in [-0.2, -0.15) is 4.98 Å². The second-order valence-corrected chi connectivity index (χ2v) is 7.34. The van der Waals surface area contributed by atoms with E-state index < -0.39 is 17.5 Å². The number of pyridine rings is 1. The molecule has 154 valence electrons. The molecule has 2 aromatic heterocycles. The average molecular weight is 399 g/mol. The van der Waals surface area contributed by atoms with Crippen molar-refractivity contribution >= 4 is 17.5 Å². The molecule has 1 aliphatic rings. The van der Waals surface area contributed by atoms with Gasteiger partial charge in [0.1, 0.15) is 5.69 Å². The molecule has 0 spiro atoms. The van der Waals surface area contributed by atoms with Crippen LogP contribution in [0.2, 0.25) is 0 Å². The summed E-state index contributed by atoms with van der Waals surface area (Å²) in [6.07, 6.45) is 7.03. The molecule has 1 saturated carbocycles. The van der Waals surface area contributed by atoms with Crippen LogP contribution in [0.25, 0.3) is 11.5 Å². The fraction of sp³-hybridized carbons (Fsp3) is 0.450. The molecular weight excluding hydrogens is 374 g/mol. The lowest BCUT2D eigenvalue weighted by molar-refractivity contribution is -0.114. The molecule has 29 heavy (non-hydrogen) atoms. The number of aromatic hydroxyl groups is 2. The Balaban J connectivity index is 1.81. The maximum Gasteiger partial charge on any atom is 0.274 e. The number of nitrogens with one attached hydrogen (secondary N) is 2. The first kappa shape index (κ1) is 20.5. The minimum absolute atomic E-state index is 0.00913. The van der Waals surface area contributed by atoms with Crippen molar-refractivity contribution in [2.45, 2.75) is 52.0 Å². The second-order valence-electron chi connectivity index (χ2n) is 7.34. The highest BCUT2D eigenvalue weighted by atomic mass is 16.3. The fourth-order valence-corrected chi connectivity index (χ4v) is 3.55.